The van der Waals surface area contributed by atoms with Crippen LogP contribution in [0.4, 0.5) is 11.5 Å². The van der Waals surface area contributed by atoms with Crippen LogP contribution < -0.4 is 19.9 Å². The Hall–Kier alpha value is -3.54. The number of benzene rings is 2. The molecule has 192 valence electrons. The van der Waals surface area contributed by atoms with Gasteiger partial charge < -0.3 is 29.9 Å². The highest BCUT2D eigenvalue weighted by molar-refractivity contribution is 5.95. The van der Waals surface area contributed by atoms with Crippen molar-refractivity contribution in [1.29, 1.82) is 5.26 Å². The van der Waals surface area contributed by atoms with Gasteiger partial charge in [0.1, 0.15) is 29.8 Å². The molecule has 0 aliphatic carbocycles. The lowest BCUT2D eigenvalue weighted by molar-refractivity contribution is 0.193. The number of nitrogens with zero attached hydrogens (tertiary/aromatic N) is 5. The van der Waals surface area contributed by atoms with Crippen molar-refractivity contribution >= 4 is 22.3 Å². The molecule has 2 saturated heterocycles. The number of piperazine rings is 1. The third-order valence-electron chi connectivity index (χ3n) is 8.12. The molecule has 1 atom stereocenters. The van der Waals surface area contributed by atoms with Crippen molar-refractivity contribution in [3.8, 4) is 17.7 Å². The summed E-state index contributed by atoms with van der Waals surface area (Å²) in [4.78, 5) is 12.0. The first kappa shape index (κ1) is 23.8. The van der Waals surface area contributed by atoms with Gasteiger partial charge in [0.2, 0.25) is 5.88 Å². The van der Waals surface area contributed by atoms with Crippen LogP contribution in [0.1, 0.15) is 29.5 Å². The molecule has 6 rings (SSSR count). The number of hydrogen-bond donors (Lipinski definition) is 2. The molecule has 0 saturated carbocycles. The number of fused-ring (bicyclic) bond motifs is 2. The van der Waals surface area contributed by atoms with Gasteiger partial charge in [-0.2, -0.15) is 10.2 Å². The molecular weight excluding hydrogens is 464 g/mol. The maximum Gasteiger partial charge on any atom is 0.234 e. The average molecular weight is 499 g/mol. The van der Waals surface area contributed by atoms with Crippen LogP contribution in [0.25, 0.3) is 10.8 Å². The molecule has 1 aromatic heterocycles. The van der Waals surface area contributed by atoms with Crippen LogP contribution in [0.5, 0.6) is 11.6 Å². The van der Waals surface area contributed by atoms with Crippen LogP contribution in [0, 0.1) is 11.3 Å². The molecule has 3 aromatic rings. The minimum absolute atomic E-state index is 0.251. The van der Waals surface area contributed by atoms with Gasteiger partial charge in [-0.3, -0.25) is 0 Å². The van der Waals surface area contributed by atoms with Crippen LogP contribution in [-0.2, 0) is 13.0 Å². The number of aromatic nitrogens is 1. The van der Waals surface area contributed by atoms with Crippen molar-refractivity contribution < 1.29 is 9.84 Å². The molecule has 0 radical (unpaired) electrons. The van der Waals surface area contributed by atoms with E-state index in [-0.39, 0.29) is 5.75 Å². The van der Waals surface area contributed by atoms with E-state index < -0.39 is 0 Å². The number of ether oxygens (including phenoxy) is 1. The molecule has 8 nitrogen and oxygen atoms in total. The number of nitriles is 1. The van der Waals surface area contributed by atoms with Crippen LogP contribution >= 0.6 is 0 Å². The minimum Gasteiger partial charge on any atom is -0.508 e. The molecule has 2 aromatic carbocycles. The Bertz CT molecular complexity index is 1350. The second kappa shape index (κ2) is 10.1. The Kier molecular flexibility index (Phi) is 6.49. The fraction of sp³-hybridized carbons (Fsp3) is 0.448. The van der Waals surface area contributed by atoms with Crippen molar-refractivity contribution in [3.63, 3.8) is 0 Å². The van der Waals surface area contributed by atoms with Crippen LogP contribution in [0.2, 0.25) is 0 Å². The van der Waals surface area contributed by atoms with E-state index in [1.165, 1.54) is 6.42 Å². The number of likely N-dealkylation sites (tertiary alicyclic amines) is 1. The first-order chi connectivity index (χ1) is 18.1. The molecular formula is C29H34N6O2. The summed E-state index contributed by atoms with van der Waals surface area (Å²) in [5.41, 5.74) is 3.69. The smallest absolute Gasteiger partial charge is 0.234 e. The summed E-state index contributed by atoms with van der Waals surface area (Å²) in [6.45, 7) is 6.59. The van der Waals surface area contributed by atoms with E-state index in [4.69, 9.17) is 9.72 Å². The zero-order valence-electron chi connectivity index (χ0n) is 21.4. The van der Waals surface area contributed by atoms with Gasteiger partial charge in [-0.1, -0.05) is 24.3 Å². The van der Waals surface area contributed by atoms with Crippen LogP contribution in [-0.4, -0.2) is 74.0 Å². The number of phenolic OH excluding ortho intramolecular Hbond substituents is 1. The summed E-state index contributed by atoms with van der Waals surface area (Å²) in [6, 6.07) is 14.6. The van der Waals surface area contributed by atoms with Crippen molar-refractivity contribution in [2.24, 2.45) is 0 Å². The van der Waals surface area contributed by atoms with Gasteiger partial charge in [0, 0.05) is 73.6 Å². The fourth-order valence-corrected chi connectivity index (χ4v) is 6.05. The van der Waals surface area contributed by atoms with E-state index in [0.29, 0.717) is 30.6 Å². The maximum atomic E-state index is 10.5. The molecule has 4 heterocycles. The molecule has 3 aliphatic rings. The van der Waals surface area contributed by atoms with Crippen molar-refractivity contribution in [1.82, 2.24) is 15.2 Å². The summed E-state index contributed by atoms with van der Waals surface area (Å²) < 4.78 is 6.33. The van der Waals surface area contributed by atoms with Crippen LogP contribution in [0.15, 0.2) is 36.4 Å². The zero-order chi connectivity index (χ0) is 25.4. The summed E-state index contributed by atoms with van der Waals surface area (Å²) in [5.74, 6) is 1.67. The van der Waals surface area contributed by atoms with E-state index in [9.17, 15) is 10.4 Å². The molecule has 0 amide bonds. The highest BCUT2D eigenvalue weighted by Crippen LogP contribution is 2.39. The molecule has 2 fully saturated rings. The molecule has 37 heavy (non-hydrogen) atoms. The Balaban J connectivity index is 1.41. The third kappa shape index (κ3) is 4.54. The number of phenols is 1. The highest BCUT2D eigenvalue weighted by atomic mass is 16.5. The number of nitrogens with one attached hydrogen (secondary N) is 1. The largest absolute Gasteiger partial charge is 0.508 e. The number of anilines is 2. The van der Waals surface area contributed by atoms with E-state index in [1.807, 2.05) is 24.3 Å². The lowest BCUT2D eigenvalue weighted by atomic mass is 9.94. The first-order valence-electron chi connectivity index (χ1n) is 13.3. The zero-order valence-corrected chi connectivity index (χ0v) is 21.4. The summed E-state index contributed by atoms with van der Waals surface area (Å²) in [5, 5.41) is 26.3. The molecule has 3 aliphatic heterocycles. The lowest BCUT2D eigenvalue weighted by Gasteiger charge is -2.36. The monoisotopic (exact) mass is 498 g/mol. The highest BCUT2D eigenvalue weighted by Gasteiger charge is 2.31. The molecule has 0 bridgehead atoms. The van der Waals surface area contributed by atoms with Crippen molar-refractivity contribution in [3.05, 3.63) is 53.1 Å². The predicted molar refractivity (Wildman–Crippen MR) is 146 cm³/mol. The second-order valence-corrected chi connectivity index (χ2v) is 10.4. The second-order valence-electron chi connectivity index (χ2n) is 10.4. The Morgan fingerprint density at radius 1 is 1.11 bits per heavy atom. The van der Waals surface area contributed by atoms with Gasteiger partial charge in [-0.25, -0.2) is 0 Å². The SMILES string of the molecule is CN1CCCC1COc1nc(N2CCNCC2)c2c(c1C#N)CN(c1cc(O)cc3ccccc13)CC2. The Morgan fingerprint density at radius 2 is 1.95 bits per heavy atom. The van der Waals surface area contributed by atoms with Gasteiger partial charge in [0.05, 0.1) is 0 Å². The molecule has 8 heteroatoms. The summed E-state index contributed by atoms with van der Waals surface area (Å²) in [6.07, 6.45) is 3.06. The number of likely N-dealkylation sites (N-methyl/N-ethyl adjacent to an activating group) is 1. The number of pyridine rings is 1. The van der Waals surface area contributed by atoms with Crippen LogP contribution in [0.3, 0.4) is 0 Å². The third-order valence-corrected chi connectivity index (χ3v) is 8.12. The van der Waals surface area contributed by atoms with E-state index in [2.05, 4.69) is 39.2 Å². The van der Waals surface area contributed by atoms with Crippen molar-refractivity contribution in [2.45, 2.75) is 31.8 Å². The number of aromatic hydroxyl groups is 1. The number of hydrogen-bond acceptors (Lipinski definition) is 8. The normalized spacial score (nSPS) is 20.2. The topological polar surface area (TPSA) is 87.9 Å². The van der Waals surface area contributed by atoms with Gasteiger partial charge in [0.15, 0.2) is 0 Å². The molecule has 1 unspecified atom stereocenters. The van der Waals surface area contributed by atoms with Gasteiger partial charge in [-0.05, 0) is 44.3 Å². The number of rotatable bonds is 5. The standard InChI is InChI=1S/C29H34N6O2/c1-33-11-4-6-21(33)19-37-29-25(17-30)26-18-35(27-16-22(36)15-20-5-2-3-7-23(20)27)12-8-24(26)28(32-29)34-13-9-31-10-14-34/h2-3,5,7,15-16,21,31,36H,4,6,8-14,18-19H2,1H3. The van der Waals surface area contributed by atoms with Crippen molar-refractivity contribution in [2.75, 3.05) is 62.7 Å². The van der Waals surface area contributed by atoms with Gasteiger partial charge in [-0.15, -0.1) is 0 Å². The van der Waals surface area contributed by atoms with E-state index in [1.54, 1.807) is 6.07 Å². The minimum atomic E-state index is 0.251. The summed E-state index contributed by atoms with van der Waals surface area (Å²) in [7, 11) is 2.14. The van der Waals surface area contributed by atoms with E-state index >= 15 is 0 Å². The van der Waals surface area contributed by atoms with Gasteiger partial charge in [0.25, 0.3) is 0 Å². The first-order valence-corrected chi connectivity index (χ1v) is 13.3. The predicted octanol–water partition coefficient (Wildman–Crippen LogP) is 3.26. The quantitative estimate of drug-likeness (QED) is 0.554. The van der Waals surface area contributed by atoms with E-state index in [0.717, 1.165) is 85.5 Å². The average Bonchev–Trinajstić information content (AvgIpc) is 3.35. The molecule has 2 N–H and O–H groups in total. The lowest BCUT2D eigenvalue weighted by Crippen LogP contribution is -2.45. The summed E-state index contributed by atoms with van der Waals surface area (Å²) >= 11 is 0. The molecule has 0 spiro atoms. The Morgan fingerprint density at radius 3 is 2.73 bits per heavy atom. The maximum absolute atomic E-state index is 10.5. The Labute approximate surface area is 218 Å². The fourth-order valence-electron chi connectivity index (χ4n) is 6.05. The van der Waals surface area contributed by atoms with Gasteiger partial charge >= 0.3 is 0 Å².